The number of aliphatic hydroxyl groups excluding tert-OH is 1. The van der Waals surface area contributed by atoms with Crippen molar-refractivity contribution in [3.05, 3.63) is 23.9 Å². The third-order valence-electron chi connectivity index (χ3n) is 3.31. The number of piperidine rings is 1. The average Bonchev–Trinajstić information content (AvgIpc) is 2.40. The van der Waals surface area contributed by atoms with Gasteiger partial charge in [-0.15, -0.1) is 0 Å². The molecule has 1 unspecified atom stereocenters. The van der Waals surface area contributed by atoms with Gasteiger partial charge in [-0.3, -0.25) is 0 Å². The molecule has 1 aromatic rings. The average molecular weight is 235 g/mol. The molecule has 0 aliphatic carbocycles. The van der Waals surface area contributed by atoms with Crippen LogP contribution >= 0.6 is 0 Å². The van der Waals surface area contributed by atoms with E-state index in [0.717, 1.165) is 24.5 Å². The van der Waals surface area contributed by atoms with Gasteiger partial charge in [0, 0.05) is 37.5 Å². The summed E-state index contributed by atoms with van der Waals surface area (Å²) < 4.78 is 0. The smallest absolute Gasteiger partial charge is 0.133 e. The highest BCUT2D eigenvalue weighted by Crippen LogP contribution is 2.26. The lowest BCUT2D eigenvalue weighted by Crippen LogP contribution is -2.32. The van der Waals surface area contributed by atoms with E-state index >= 15 is 0 Å². The molecule has 0 bridgehead atoms. The number of hydrogen-bond donors (Lipinski definition) is 2. The number of aromatic nitrogens is 1. The van der Waals surface area contributed by atoms with Crippen LogP contribution in [-0.4, -0.2) is 29.8 Å². The van der Waals surface area contributed by atoms with Crippen molar-refractivity contribution in [2.24, 2.45) is 5.73 Å². The summed E-state index contributed by atoms with van der Waals surface area (Å²) in [5.41, 5.74) is 7.15. The molecule has 0 radical (unpaired) electrons. The molecule has 1 atom stereocenters. The van der Waals surface area contributed by atoms with Gasteiger partial charge >= 0.3 is 0 Å². The van der Waals surface area contributed by atoms with Gasteiger partial charge in [0.2, 0.25) is 0 Å². The summed E-state index contributed by atoms with van der Waals surface area (Å²) in [4.78, 5) is 6.79. The number of aliphatic hydroxyl groups is 1. The fourth-order valence-corrected chi connectivity index (χ4v) is 2.36. The number of pyridine rings is 1. The molecule has 4 heteroatoms. The molecule has 0 saturated carbocycles. The maximum Gasteiger partial charge on any atom is 0.133 e. The van der Waals surface area contributed by atoms with Crippen LogP contribution in [0.2, 0.25) is 0 Å². The summed E-state index contributed by atoms with van der Waals surface area (Å²) in [6.07, 6.45) is 6.17. The molecule has 1 aliphatic rings. The van der Waals surface area contributed by atoms with Gasteiger partial charge in [0.15, 0.2) is 0 Å². The molecule has 94 valence electrons. The zero-order valence-electron chi connectivity index (χ0n) is 10.2. The lowest BCUT2D eigenvalue weighted by molar-refractivity contribution is 0.276. The minimum Gasteiger partial charge on any atom is -0.396 e. The van der Waals surface area contributed by atoms with Crippen molar-refractivity contribution in [1.82, 2.24) is 4.98 Å². The predicted molar refractivity (Wildman–Crippen MR) is 68.9 cm³/mol. The molecule has 2 rings (SSSR count). The van der Waals surface area contributed by atoms with E-state index in [1.807, 2.05) is 18.3 Å². The molecule has 1 fully saturated rings. The van der Waals surface area contributed by atoms with Gasteiger partial charge < -0.3 is 15.7 Å². The SMILES string of the molecule is NC(CCO)c1cccnc1N1CCCCC1. The second-order valence-electron chi connectivity index (χ2n) is 4.58. The molecule has 0 amide bonds. The Kier molecular flexibility index (Phi) is 4.34. The van der Waals surface area contributed by atoms with Crippen LogP contribution in [0.1, 0.15) is 37.3 Å². The van der Waals surface area contributed by atoms with Crippen molar-refractivity contribution in [1.29, 1.82) is 0 Å². The highest BCUT2D eigenvalue weighted by atomic mass is 16.3. The zero-order chi connectivity index (χ0) is 12.1. The van der Waals surface area contributed by atoms with E-state index < -0.39 is 0 Å². The Bertz CT molecular complexity index is 350. The Balaban J connectivity index is 2.19. The molecule has 3 N–H and O–H groups in total. The van der Waals surface area contributed by atoms with Gasteiger partial charge in [0.05, 0.1) is 0 Å². The minimum atomic E-state index is -0.120. The van der Waals surface area contributed by atoms with Crippen LogP contribution in [0.3, 0.4) is 0 Å². The molecule has 1 saturated heterocycles. The maximum absolute atomic E-state index is 8.99. The fraction of sp³-hybridized carbons (Fsp3) is 0.615. The zero-order valence-corrected chi connectivity index (χ0v) is 10.2. The molecule has 1 aliphatic heterocycles. The van der Waals surface area contributed by atoms with E-state index in [-0.39, 0.29) is 12.6 Å². The largest absolute Gasteiger partial charge is 0.396 e. The first-order valence-electron chi connectivity index (χ1n) is 6.39. The van der Waals surface area contributed by atoms with Crippen molar-refractivity contribution >= 4 is 5.82 Å². The van der Waals surface area contributed by atoms with Crippen LogP contribution in [0.25, 0.3) is 0 Å². The van der Waals surface area contributed by atoms with Gasteiger partial charge in [0.25, 0.3) is 0 Å². The van der Waals surface area contributed by atoms with E-state index in [1.165, 1.54) is 19.3 Å². The first-order valence-corrected chi connectivity index (χ1v) is 6.39. The van der Waals surface area contributed by atoms with Crippen molar-refractivity contribution in [3.8, 4) is 0 Å². The Morgan fingerprint density at radius 1 is 1.35 bits per heavy atom. The number of anilines is 1. The lowest BCUT2D eigenvalue weighted by atomic mass is 10.0. The molecule has 4 nitrogen and oxygen atoms in total. The molecule has 1 aromatic heterocycles. The van der Waals surface area contributed by atoms with Crippen molar-refractivity contribution in [3.63, 3.8) is 0 Å². The summed E-state index contributed by atoms with van der Waals surface area (Å²) in [6.45, 7) is 2.25. The topological polar surface area (TPSA) is 62.4 Å². The summed E-state index contributed by atoms with van der Waals surface area (Å²) in [7, 11) is 0. The summed E-state index contributed by atoms with van der Waals surface area (Å²) >= 11 is 0. The summed E-state index contributed by atoms with van der Waals surface area (Å²) in [6, 6.07) is 3.82. The van der Waals surface area contributed by atoms with Crippen LogP contribution in [0, 0.1) is 0 Å². The van der Waals surface area contributed by atoms with Crippen LogP contribution < -0.4 is 10.6 Å². The van der Waals surface area contributed by atoms with E-state index in [9.17, 15) is 0 Å². The third kappa shape index (κ3) is 2.96. The normalized spacial score (nSPS) is 18.1. The van der Waals surface area contributed by atoms with Crippen LogP contribution in [0.4, 0.5) is 5.82 Å². The van der Waals surface area contributed by atoms with Gasteiger partial charge in [-0.2, -0.15) is 0 Å². The highest BCUT2D eigenvalue weighted by molar-refractivity contribution is 5.48. The number of nitrogens with zero attached hydrogens (tertiary/aromatic N) is 2. The number of hydrogen-bond acceptors (Lipinski definition) is 4. The van der Waals surface area contributed by atoms with E-state index in [2.05, 4.69) is 9.88 Å². The second kappa shape index (κ2) is 5.98. The Hall–Kier alpha value is -1.13. The standard InChI is InChI=1S/C13H21N3O/c14-12(6-10-17)11-5-4-7-15-13(11)16-8-2-1-3-9-16/h4-5,7,12,17H,1-3,6,8-10,14H2. The number of nitrogens with two attached hydrogens (primary N) is 1. The van der Waals surface area contributed by atoms with Gasteiger partial charge in [-0.25, -0.2) is 4.98 Å². The highest BCUT2D eigenvalue weighted by Gasteiger charge is 2.18. The fourth-order valence-electron chi connectivity index (χ4n) is 2.36. The first-order chi connectivity index (χ1) is 8.33. The van der Waals surface area contributed by atoms with Crippen molar-refractivity contribution in [2.75, 3.05) is 24.6 Å². The minimum absolute atomic E-state index is 0.120. The Morgan fingerprint density at radius 3 is 2.82 bits per heavy atom. The van der Waals surface area contributed by atoms with Crippen molar-refractivity contribution < 1.29 is 5.11 Å². The maximum atomic E-state index is 8.99. The number of rotatable bonds is 4. The Morgan fingerprint density at radius 2 is 2.12 bits per heavy atom. The van der Waals surface area contributed by atoms with E-state index in [4.69, 9.17) is 10.8 Å². The molecule has 17 heavy (non-hydrogen) atoms. The molecule has 0 aromatic carbocycles. The van der Waals surface area contributed by atoms with E-state index in [1.54, 1.807) is 0 Å². The van der Waals surface area contributed by atoms with Crippen LogP contribution in [0.15, 0.2) is 18.3 Å². The molecule has 2 heterocycles. The third-order valence-corrected chi connectivity index (χ3v) is 3.31. The predicted octanol–water partition coefficient (Wildman–Crippen LogP) is 1.45. The van der Waals surface area contributed by atoms with Gasteiger partial charge in [-0.1, -0.05) is 6.07 Å². The lowest BCUT2D eigenvalue weighted by Gasteiger charge is -2.30. The van der Waals surface area contributed by atoms with E-state index in [0.29, 0.717) is 6.42 Å². The first kappa shape index (κ1) is 12.3. The van der Waals surface area contributed by atoms with Crippen molar-refractivity contribution in [2.45, 2.75) is 31.7 Å². The quantitative estimate of drug-likeness (QED) is 0.829. The molecular formula is C13H21N3O. The second-order valence-corrected chi connectivity index (χ2v) is 4.58. The summed E-state index contributed by atoms with van der Waals surface area (Å²) in [5, 5.41) is 8.99. The van der Waals surface area contributed by atoms with Crippen LogP contribution in [-0.2, 0) is 0 Å². The molecular weight excluding hydrogens is 214 g/mol. The van der Waals surface area contributed by atoms with Gasteiger partial charge in [-0.05, 0) is 31.7 Å². The Labute approximate surface area is 102 Å². The van der Waals surface area contributed by atoms with Crippen LogP contribution in [0.5, 0.6) is 0 Å². The monoisotopic (exact) mass is 235 g/mol. The molecule has 0 spiro atoms. The van der Waals surface area contributed by atoms with Gasteiger partial charge in [0.1, 0.15) is 5.82 Å². The summed E-state index contributed by atoms with van der Waals surface area (Å²) in [5.74, 6) is 1.01.